The highest BCUT2D eigenvalue weighted by Crippen LogP contribution is 2.37. The fraction of sp³-hybridized carbons (Fsp3) is 0.0476. The van der Waals surface area contributed by atoms with Crippen molar-refractivity contribution >= 4 is 16.6 Å². The molecule has 0 unspecified atom stereocenters. The quantitative estimate of drug-likeness (QED) is 0.483. The smallest absolute Gasteiger partial charge is 0.147 e. The molecule has 0 amide bonds. The largest absolute Gasteiger partial charge is 0.506 e. The molecule has 0 fully saturated rings. The van der Waals surface area contributed by atoms with Gasteiger partial charge in [-0.05, 0) is 29.8 Å². The second-order valence-electron chi connectivity index (χ2n) is 5.96. The maximum absolute atomic E-state index is 10.8. The molecule has 5 heteroatoms. The van der Waals surface area contributed by atoms with E-state index in [0.717, 1.165) is 10.9 Å². The number of anilines is 1. The number of benzene rings is 2. The van der Waals surface area contributed by atoms with E-state index in [2.05, 4.69) is 15.3 Å². The Morgan fingerprint density at radius 2 is 1.69 bits per heavy atom. The molecule has 0 aliphatic carbocycles. The van der Waals surface area contributed by atoms with Crippen molar-refractivity contribution in [2.45, 2.75) is 6.04 Å². The van der Waals surface area contributed by atoms with Gasteiger partial charge in [-0.15, -0.1) is 0 Å². The number of nitrogens with zero attached hydrogens (tertiary/aromatic N) is 2. The van der Waals surface area contributed by atoms with Crippen LogP contribution in [-0.4, -0.2) is 20.2 Å². The normalized spacial score (nSPS) is 12.0. The molecular weight excluding hydrogens is 326 g/mol. The molecule has 4 rings (SSSR count). The average Bonchev–Trinajstić information content (AvgIpc) is 2.69. The van der Waals surface area contributed by atoms with Crippen molar-refractivity contribution in [3.63, 3.8) is 0 Å². The molecule has 5 nitrogen and oxygen atoms in total. The van der Waals surface area contributed by atoms with Gasteiger partial charge in [0.1, 0.15) is 17.0 Å². The van der Waals surface area contributed by atoms with Crippen LogP contribution in [0.4, 0.5) is 5.69 Å². The van der Waals surface area contributed by atoms with E-state index in [1.54, 1.807) is 36.8 Å². The maximum atomic E-state index is 10.8. The minimum absolute atomic E-state index is 0.111. The Hall–Kier alpha value is -3.60. The summed E-state index contributed by atoms with van der Waals surface area (Å²) >= 11 is 0. The number of pyridine rings is 2. The molecule has 0 spiro atoms. The second kappa shape index (κ2) is 6.72. The standard InChI is InChI=1S/C21H17N3O2/c25-18-8-2-1-7-17(18)24-19(15-6-3-11-22-13-15)16-10-9-14-5-4-12-23-20(14)21(16)26/h1-13,19,24-26H/t19-/m1/s1. The van der Waals surface area contributed by atoms with Crippen LogP contribution in [0.5, 0.6) is 11.5 Å². The Labute approximate surface area is 150 Å². The van der Waals surface area contributed by atoms with E-state index >= 15 is 0 Å². The van der Waals surface area contributed by atoms with Crippen LogP contribution in [0.15, 0.2) is 79.3 Å². The molecule has 0 aliphatic heterocycles. The summed E-state index contributed by atoms with van der Waals surface area (Å²) in [5.41, 5.74) is 2.63. The molecule has 2 aromatic carbocycles. The van der Waals surface area contributed by atoms with Gasteiger partial charge in [-0.25, -0.2) is 0 Å². The van der Waals surface area contributed by atoms with E-state index in [-0.39, 0.29) is 11.5 Å². The van der Waals surface area contributed by atoms with Crippen molar-refractivity contribution < 1.29 is 10.2 Å². The van der Waals surface area contributed by atoms with Gasteiger partial charge in [0.05, 0.1) is 11.7 Å². The summed E-state index contributed by atoms with van der Waals surface area (Å²) in [6.07, 6.45) is 5.09. The summed E-state index contributed by atoms with van der Waals surface area (Å²) in [6, 6.07) is 17.9. The number of rotatable bonds is 4. The van der Waals surface area contributed by atoms with Gasteiger partial charge in [0.25, 0.3) is 0 Å². The highest BCUT2D eigenvalue weighted by Gasteiger charge is 2.21. The number of hydrogen-bond donors (Lipinski definition) is 3. The Morgan fingerprint density at radius 3 is 2.50 bits per heavy atom. The molecule has 26 heavy (non-hydrogen) atoms. The van der Waals surface area contributed by atoms with E-state index in [9.17, 15) is 10.2 Å². The first kappa shape index (κ1) is 15.9. The van der Waals surface area contributed by atoms with Crippen LogP contribution in [0.25, 0.3) is 10.9 Å². The van der Waals surface area contributed by atoms with Crippen molar-refractivity contribution in [2.24, 2.45) is 0 Å². The number of aromatic nitrogens is 2. The lowest BCUT2D eigenvalue weighted by molar-refractivity contribution is 0.469. The van der Waals surface area contributed by atoms with Crippen LogP contribution in [0.2, 0.25) is 0 Å². The monoisotopic (exact) mass is 343 g/mol. The Bertz CT molecular complexity index is 1050. The fourth-order valence-electron chi connectivity index (χ4n) is 3.02. The van der Waals surface area contributed by atoms with Crippen molar-refractivity contribution in [1.82, 2.24) is 9.97 Å². The lowest BCUT2D eigenvalue weighted by atomic mass is 9.97. The third-order valence-corrected chi connectivity index (χ3v) is 4.31. The van der Waals surface area contributed by atoms with Crippen molar-refractivity contribution in [3.8, 4) is 11.5 Å². The average molecular weight is 343 g/mol. The molecule has 0 bridgehead atoms. The molecule has 0 saturated carbocycles. The highest BCUT2D eigenvalue weighted by atomic mass is 16.3. The Balaban J connectivity index is 1.86. The van der Waals surface area contributed by atoms with Gasteiger partial charge < -0.3 is 15.5 Å². The zero-order valence-corrected chi connectivity index (χ0v) is 13.9. The van der Waals surface area contributed by atoms with Gasteiger partial charge in [0.15, 0.2) is 0 Å². The first-order valence-electron chi connectivity index (χ1n) is 8.25. The van der Waals surface area contributed by atoms with Crippen LogP contribution in [0.1, 0.15) is 17.2 Å². The highest BCUT2D eigenvalue weighted by molar-refractivity contribution is 5.86. The molecule has 128 valence electrons. The van der Waals surface area contributed by atoms with Gasteiger partial charge in [-0.3, -0.25) is 9.97 Å². The number of para-hydroxylation sites is 2. The van der Waals surface area contributed by atoms with Crippen LogP contribution in [0.3, 0.4) is 0 Å². The Morgan fingerprint density at radius 1 is 0.846 bits per heavy atom. The van der Waals surface area contributed by atoms with Crippen LogP contribution in [0, 0.1) is 0 Å². The minimum Gasteiger partial charge on any atom is -0.506 e. The van der Waals surface area contributed by atoms with Gasteiger partial charge in [0.2, 0.25) is 0 Å². The van der Waals surface area contributed by atoms with Crippen molar-refractivity contribution in [3.05, 3.63) is 90.4 Å². The third-order valence-electron chi connectivity index (χ3n) is 4.31. The number of fused-ring (bicyclic) bond motifs is 1. The zero-order valence-electron chi connectivity index (χ0n) is 13.9. The summed E-state index contributed by atoms with van der Waals surface area (Å²) in [5.74, 6) is 0.250. The van der Waals surface area contributed by atoms with E-state index in [1.165, 1.54) is 0 Å². The van der Waals surface area contributed by atoms with Crippen LogP contribution < -0.4 is 5.32 Å². The molecule has 2 aromatic heterocycles. The van der Waals surface area contributed by atoms with Crippen LogP contribution >= 0.6 is 0 Å². The number of phenolic OH excluding ortho intramolecular Hbond substituents is 2. The number of hydrogen-bond acceptors (Lipinski definition) is 5. The predicted octanol–water partition coefficient (Wildman–Crippen LogP) is 4.24. The first-order valence-corrected chi connectivity index (χ1v) is 8.25. The summed E-state index contributed by atoms with van der Waals surface area (Å²) in [5, 5.41) is 25.2. The van der Waals surface area contributed by atoms with Crippen molar-refractivity contribution in [1.29, 1.82) is 0 Å². The minimum atomic E-state index is -0.400. The molecule has 0 saturated heterocycles. The topological polar surface area (TPSA) is 78.3 Å². The zero-order chi connectivity index (χ0) is 17.9. The van der Waals surface area contributed by atoms with E-state index < -0.39 is 6.04 Å². The van der Waals surface area contributed by atoms with Gasteiger partial charge in [0, 0.05) is 29.5 Å². The first-order chi connectivity index (χ1) is 12.7. The number of nitrogens with one attached hydrogen (secondary N) is 1. The molecule has 0 radical (unpaired) electrons. The second-order valence-corrected chi connectivity index (χ2v) is 5.96. The van der Waals surface area contributed by atoms with Crippen molar-refractivity contribution in [2.75, 3.05) is 5.32 Å². The molecule has 1 atom stereocenters. The van der Waals surface area contributed by atoms with Gasteiger partial charge >= 0.3 is 0 Å². The molecule has 3 N–H and O–H groups in total. The van der Waals surface area contributed by atoms with Gasteiger partial charge in [-0.2, -0.15) is 0 Å². The number of phenols is 2. The SMILES string of the molecule is Oc1ccccc1N[C@H](c1cccnc1)c1ccc2cccnc2c1O. The molecular formula is C21H17N3O2. The third kappa shape index (κ3) is 2.91. The summed E-state index contributed by atoms with van der Waals surface area (Å²) < 4.78 is 0. The molecule has 2 heterocycles. The van der Waals surface area contributed by atoms with E-state index in [4.69, 9.17) is 0 Å². The molecule has 0 aliphatic rings. The number of aromatic hydroxyl groups is 2. The Kier molecular flexibility index (Phi) is 4.11. The van der Waals surface area contributed by atoms with Crippen LogP contribution in [-0.2, 0) is 0 Å². The molecule has 4 aromatic rings. The summed E-state index contributed by atoms with van der Waals surface area (Å²) in [4.78, 5) is 8.49. The summed E-state index contributed by atoms with van der Waals surface area (Å²) in [7, 11) is 0. The lowest BCUT2D eigenvalue weighted by Crippen LogP contribution is -2.13. The fourth-order valence-corrected chi connectivity index (χ4v) is 3.02. The van der Waals surface area contributed by atoms with E-state index in [0.29, 0.717) is 16.8 Å². The predicted molar refractivity (Wildman–Crippen MR) is 101 cm³/mol. The maximum Gasteiger partial charge on any atom is 0.147 e. The summed E-state index contributed by atoms with van der Waals surface area (Å²) in [6.45, 7) is 0. The lowest BCUT2D eigenvalue weighted by Gasteiger charge is -2.22. The van der Waals surface area contributed by atoms with E-state index in [1.807, 2.05) is 42.5 Å². The van der Waals surface area contributed by atoms with Gasteiger partial charge in [-0.1, -0.05) is 36.4 Å².